The largest absolute Gasteiger partial charge is 0.407 e. The lowest BCUT2D eigenvalue weighted by molar-refractivity contribution is -0.130. The van der Waals surface area contributed by atoms with Crippen LogP contribution in [-0.4, -0.2) is 16.9 Å². The summed E-state index contributed by atoms with van der Waals surface area (Å²) in [5.41, 5.74) is 2.24. The Balaban J connectivity index is 1.68. The minimum Gasteiger partial charge on any atom is -0.407 e. The molecule has 0 aliphatic carbocycles. The van der Waals surface area contributed by atoms with Gasteiger partial charge >= 0.3 is 5.97 Å². The van der Waals surface area contributed by atoms with Crippen LogP contribution in [0, 0.1) is 0 Å². The number of esters is 1. The van der Waals surface area contributed by atoms with Crippen LogP contribution in [0.4, 0.5) is 0 Å². The number of nitrogens with zero attached hydrogens (tertiary/aromatic N) is 2. The average molecular weight is 313 g/mol. The molecule has 1 aliphatic rings. The highest BCUT2D eigenvalue weighted by molar-refractivity contribution is 6.30. The zero-order valence-electron chi connectivity index (χ0n) is 11.7. The summed E-state index contributed by atoms with van der Waals surface area (Å²) in [5.74, 6) is 0.0186. The van der Waals surface area contributed by atoms with Crippen LogP contribution < -0.4 is 0 Å². The normalized spacial score (nSPS) is 15.8. The van der Waals surface area contributed by atoms with E-state index in [9.17, 15) is 4.79 Å². The van der Waals surface area contributed by atoms with E-state index in [1.54, 1.807) is 24.5 Å². The number of ether oxygens (including phenoxy) is 1. The summed E-state index contributed by atoms with van der Waals surface area (Å²) in [6.45, 7) is 0. The highest BCUT2D eigenvalue weighted by atomic mass is 35.5. The van der Waals surface area contributed by atoms with E-state index in [-0.39, 0.29) is 0 Å². The number of carbonyl (C=O) groups excluding carboxylic acids is 1. The first-order valence-corrected chi connectivity index (χ1v) is 7.24. The third-order valence-corrected chi connectivity index (χ3v) is 3.45. The molecule has 0 unspecified atom stereocenters. The molecule has 0 spiro atoms. The molecule has 0 atom stereocenters. The van der Waals surface area contributed by atoms with Crippen molar-refractivity contribution in [2.24, 2.45) is 4.99 Å². The predicted octanol–water partition coefficient (Wildman–Crippen LogP) is 3.66. The minimum absolute atomic E-state index is 0.305. The highest BCUT2D eigenvalue weighted by Crippen LogP contribution is 2.18. The maximum absolute atomic E-state index is 11.8. The number of benzene rings is 1. The van der Waals surface area contributed by atoms with Gasteiger partial charge in [0, 0.05) is 23.8 Å². The van der Waals surface area contributed by atoms with Crippen LogP contribution >= 0.6 is 11.6 Å². The molecule has 2 aromatic rings. The molecule has 1 aromatic carbocycles. The first kappa shape index (κ1) is 14.5. The van der Waals surface area contributed by atoms with Crippen molar-refractivity contribution in [3.05, 3.63) is 70.6 Å². The molecule has 0 N–H and O–H groups in total. The predicted molar refractivity (Wildman–Crippen MR) is 85.5 cm³/mol. The second-order valence-electron chi connectivity index (χ2n) is 4.84. The molecule has 0 fully saturated rings. The smallest absolute Gasteiger partial charge is 0.363 e. The fourth-order valence-electron chi connectivity index (χ4n) is 2.08. The molecule has 5 heteroatoms. The Morgan fingerprint density at radius 1 is 1.14 bits per heavy atom. The van der Waals surface area contributed by atoms with E-state index >= 15 is 0 Å². The van der Waals surface area contributed by atoms with Gasteiger partial charge in [-0.15, -0.1) is 0 Å². The van der Waals surface area contributed by atoms with Gasteiger partial charge in [0.05, 0.1) is 0 Å². The van der Waals surface area contributed by atoms with Crippen molar-refractivity contribution in [2.45, 2.75) is 12.8 Å². The molecule has 2 heterocycles. The SMILES string of the molecule is O=C1OC(CCc2ccc(Cl)cc2)=N/C1=C/c1cccnc1. The zero-order valence-corrected chi connectivity index (χ0v) is 12.5. The summed E-state index contributed by atoms with van der Waals surface area (Å²) in [5, 5.41) is 0.704. The molecule has 0 saturated carbocycles. The first-order valence-electron chi connectivity index (χ1n) is 6.86. The van der Waals surface area contributed by atoms with Gasteiger partial charge in [-0.05, 0) is 41.8 Å². The van der Waals surface area contributed by atoms with Crippen LogP contribution in [0.3, 0.4) is 0 Å². The second-order valence-corrected chi connectivity index (χ2v) is 5.27. The van der Waals surface area contributed by atoms with Gasteiger partial charge in [0.25, 0.3) is 0 Å². The summed E-state index contributed by atoms with van der Waals surface area (Å²) in [4.78, 5) is 20.0. The number of rotatable bonds is 4. The lowest BCUT2D eigenvalue weighted by Crippen LogP contribution is -2.05. The maximum Gasteiger partial charge on any atom is 0.363 e. The number of pyridine rings is 1. The number of halogens is 1. The van der Waals surface area contributed by atoms with Crippen molar-refractivity contribution in [1.29, 1.82) is 0 Å². The molecule has 4 nitrogen and oxygen atoms in total. The molecule has 0 bridgehead atoms. The van der Waals surface area contributed by atoms with Crippen LogP contribution in [0.25, 0.3) is 6.08 Å². The summed E-state index contributed by atoms with van der Waals surface area (Å²) >= 11 is 5.85. The molecule has 0 amide bonds. The molecular weight excluding hydrogens is 300 g/mol. The van der Waals surface area contributed by atoms with Crippen molar-refractivity contribution >= 4 is 29.5 Å². The van der Waals surface area contributed by atoms with Gasteiger partial charge in [-0.3, -0.25) is 4.98 Å². The maximum atomic E-state index is 11.8. The first-order chi connectivity index (χ1) is 10.7. The van der Waals surface area contributed by atoms with E-state index in [1.165, 1.54) is 0 Å². The van der Waals surface area contributed by atoms with Crippen molar-refractivity contribution in [3.8, 4) is 0 Å². The Morgan fingerprint density at radius 2 is 1.95 bits per heavy atom. The van der Waals surface area contributed by atoms with Gasteiger partial charge in [0.2, 0.25) is 0 Å². The van der Waals surface area contributed by atoms with Crippen LogP contribution in [0.15, 0.2) is 59.5 Å². The van der Waals surface area contributed by atoms with Gasteiger partial charge < -0.3 is 4.74 Å². The summed E-state index contributed by atoms with van der Waals surface area (Å²) in [6.07, 6.45) is 6.32. The lowest BCUT2D eigenvalue weighted by atomic mass is 10.1. The summed E-state index contributed by atoms with van der Waals surface area (Å²) < 4.78 is 5.19. The number of aliphatic imine (C=N–C) groups is 1. The van der Waals surface area contributed by atoms with Crippen LogP contribution in [0.5, 0.6) is 0 Å². The molecule has 1 aliphatic heterocycles. The third-order valence-electron chi connectivity index (χ3n) is 3.19. The minimum atomic E-state index is -0.421. The van der Waals surface area contributed by atoms with E-state index in [0.29, 0.717) is 23.0 Å². The van der Waals surface area contributed by atoms with Gasteiger partial charge in [-0.2, -0.15) is 0 Å². The molecule has 22 heavy (non-hydrogen) atoms. The fraction of sp³-hybridized carbons (Fsp3) is 0.118. The van der Waals surface area contributed by atoms with Gasteiger partial charge in [-0.1, -0.05) is 29.8 Å². The van der Waals surface area contributed by atoms with Gasteiger partial charge in [-0.25, -0.2) is 9.79 Å². The van der Waals surface area contributed by atoms with Crippen molar-refractivity contribution in [3.63, 3.8) is 0 Å². The zero-order chi connectivity index (χ0) is 15.4. The Morgan fingerprint density at radius 3 is 2.68 bits per heavy atom. The highest BCUT2D eigenvalue weighted by Gasteiger charge is 2.22. The summed E-state index contributed by atoms with van der Waals surface area (Å²) in [6, 6.07) is 11.2. The third kappa shape index (κ3) is 3.59. The number of aryl methyl sites for hydroxylation is 1. The quantitative estimate of drug-likeness (QED) is 0.639. The molecule has 0 radical (unpaired) electrons. The Hall–Kier alpha value is -2.46. The number of aromatic nitrogens is 1. The van der Waals surface area contributed by atoms with E-state index in [1.807, 2.05) is 30.3 Å². The molecular formula is C17H13ClN2O2. The van der Waals surface area contributed by atoms with Crippen LogP contribution in [0.1, 0.15) is 17.5 Å². The number of carbonyl (C=O) groups is 1. The fourth-order valence-corrected chi connectivity index (χ4v) is 2.21. The van der Waals surface area contributed by atoms with Crippen LogP contribution in [0.2, 0.25) is 5.02 Å². The van der Waals surface area contributed by atoms with E-state index < -0.39 is 5.97 Å². The Labute approximate surface area is 133 Å². The van der Waals surface area contributed by atoms with Crippen molar-refractivity contribution in [2.75, 3.05) is 0 Å². The average Bonchev–Trinajstić information content (AvgIpc) is 2.88. The molecule has 110 valence electrons. The Kier molecular flexibility index (Phi) is 4.30. The molecule has 0 saturated heterocycles. The molecule has 1 aromatic heterocycles. The standard InChI is InChI=1S/C17H13ClN2O2/c18-14-6-3-12(4-7-14)5-8-16-20-15(17(21)22-16)10-13-2-1-9-19-11-13/h1-4,6-7,9-11H,5,8H2/b15-10+. The van der Waals surface area contributed by atoms with Crippen LogP contribution in [-0.2, 0) is 16.0 Å². The second kappa shape index (κ2) is 6.54. The number of hydrogen-bond donors (Lipinski definition) is 0. The van der Waals surface area contributed by atoms with E-state index in [2.05, 4.69) is 9.98 Å². The monoisotopic (exact) mass is 312 g/mol. The Bertz CT molecular complexity index is 737. The lowest BCUT2D eigenvalue weighted by Gasteiger charge is -2.00. The van der Waals surface area contributed by atoms with Crippen molar-refractivity contribution in [1.82, 2.24) is 4.98 Å². The summed E-state index contributed by atoms with van der Waals surface area (Å²) in [7, 11) is 0. The van der Waals surface area contributed by atoms with Gasteiger partial charge in [0.15, 0.2) is 11.6 Å². The van der Waals surface area contributed by atoms with Gasteiger partial charge in [0.1, 0.15) is 0 Å². The van der Waals surface area contributed by atoms with E-state index in [0.717, 1.165) is 17.5 Å². The topological polar surface area (TPSA) is 51.5 Å². The van der Waals surface area contributed by atoms with E-state index in [4.69, 9.17) is 16.3 Å². The molecule has 3 rings (SSSR count). The van der Waals surface area contributed by atoms with Crippen molar-refractivity contribution < 1.29 is 9.53 Å². The number of cyclic esters (lactones) is 1. The number of hydrogen-bond acceptors (Lipinski definition) is 4.